The van der Waals surface area contributed by atoms with Crippen molar-refractivity contribution in [1.82, 2.24) is 0 Å². The predicted octanol–water partition coefficient (Wildman–Crippen LogP) is 4.91. The minimum absolute atomic E-state index is 0.381. The molecular formula is C18H17NO. The summed E-state index contributed by atoms with van der Waals surface area (Å²) in [5.74, 6) is 0.381. The summed E-state index contributed by atoms with van der Waals surface area (Å²) < 4.78 is 0. The number of aromatic hydroxyl groups is 1. The maximum absolute atomic E-state index is 10.2. The molecule has 0 bridgehead atoms. The van der Waals surface area contributed by atoms with E-state index in [4.69, 9.17) is 0 Å². The normalized spacial score (nSPS) is 10.7. The highest BCUT2D eigenvalue weighted by Gasteiger charge is 2.07. The van der Waals surface area contributed by atoms with Gasteiger partial charge in [-0.15, -0.1) is 0 Å². The summed E-state index contributed by atoms with van der Waals surface area (Å²) >= 11 is 0. The Bertz CT molecular complexity index is 763. The molecule has 0 radical (unpaired) electrons. The summed E-state index contributed by atoms with van der Waals surface area (Å²) in [5, 5.41) is 15.5. The number of rotatable bonds is 2. The molecule has 0 heterocycles. The van der Waals surface area contributed by atoms with E-state index in [0.717, 1.165) is 33.3 Å². The van der Waals surface area contributed by atoms with E-state index in [1.54, 1.807) is 0 Å². The highest BCUT2D eigenvalue weighted by atomic mass is 16.3. The van der Waals surface area contributed by atoms with Crippen LogP contribution >= 0.6 is 0 Å². The number of phenols is 1. The number of benzene rings is 3. The average Bonchev–Trinajstić information content (AvgIpc) is 2.46. The van der Waals surface area contributed by atoms with Crippen LogP contribution in [-0.2, 0) is 0 Å². The number of hydrogen-bond donors (Lipinski definition) is 2. The summed E-state index contributed by atoms with van der Waals surface area (Å²) in [5.41, 5.74) is 4.12. The van der Waals surface area contributed by atoms with E-state index in [0.29, 0.717) is 5.75 Å². The number of fused-ring (bicyclic) bond motifs is 1. The van der Waals surface area contributed by atoms with E-state index in [1.807, 2.05) is 56.3 Å². The first kappa shape index (κ1) is 12.5. The van der Waals surface area contributed by atoms with Crippen molar-refractivity contribution in [1.29, 1.82) is 0 Å². The molecule has 0 spiro atoms. The van der Waals surface area contributed by atoms with Gasteiger partial charge in [0.25, 0.3) is 0 Å². The zero-order chi connectivity index (χ0) is 14.1. The van der Waals surface area contributed by atoms with Gasteiger partial charge in [-0.3, -0.25) is 0 Å². The Labute approximate surface area is 118 Å². The smallest absolute Gasteiger partial charge is 0.126 e. The van der Waals surface area contributed by atoms with E-state index < -0.39 is 0 Å². The number of hydrogen-bond acceptors (Lipinski definition) is 2. The van der Waals surface area contributed by atoms with Crippen LogP contribution < -0.4 is 5.32 Å². The summed E-state index contributed by atoms with van der Waals surface area (Å²) in [6.07, 6.45) is 0. The Balaban J connectivity index is 2.05. The molecule has 0 amide bonds. The van der Waals surface area contributed by atoms with Gasteiger partial charge in [-0.05, 0) is 60.7 Å². The number of aryl methyl sites for hydroxylation is 1. The van der Waals surface area contributed by atoms with Crippen LogP contribution in [0.2, 0.25) is 0 Å². The standard InChI is InChI=1S/C18H17NO/c1-12-10-14-11-16(19-15-6-4-3-5-7-15)8-9-17(14)18(20)13(12)2/h3-11,19-20H,1-2H3. The van der Waals surface area contributed by atoms with E-state index in [2.05, 4.69) is 17.4 Å². The molecule has 0 aromatic heterocycles. The summed E-state index contributed by atoms with van der Waals surface area (Å²) in [4.78, 5) is 0. The number of para-hydroxylation sites is 1. The minimum Gasteiger partial charge on any atom is -0.507 e. The molecule has 0 atom stereocenters. The van der Waals surface area contributed by atoms with Crippen LogP contribution in [-0.4, -0.2) is 5.11 Å². The fourth-order valence-electron chi connectivity index (χ4n) is 2.39. The topological polar surface area (TPSA) is 32.3 Å². The van der Waals surface area contributed by atoms with Crippen molar-refractivity contribution < 1.29 is 5.11 Å². The van der Waals surface area contributed by atoms with Gasteiger partial charge in [-0.1, -0.05) is 24.3 Å². The molecule has 3 aromatic carbocycles. The van der Waals surface area contributed by atoms with Gasteiger partial charge in [0.2, 0.25) is 0 Å². The zero-order valence-corrected chi connectivity index (χ0v) is 11.6. The maximum atomic E-state index is 10.2. The maximum Gasteiger partial charge on any atom is 0.126 e. The van der Waals surface area contributed by atoms with Gasteiger partial charge in [-0.25, -0.2) is 0 Å². The number of phenolic OH excluding ortho intramolecular Hbond substituents is 1. The monoisotopic (exact) mass is 263 g/mol. The lowest BCUT2D eigenvalue weighted by molar-refractivity contribution is 0.477. The second-order valence-corrected chi connectivity index (χ2v) is 5.09. The van der Waals surface area contributed by atoms with E-state index in [9.17, 15) is 5.11 Å². The second kappa shape index (κ2) is 4.89. The van der Waals surface area contributed by atoms with Gasteiger partial charge >= 0.3 is 0 Å². The number of anilines is 2. The molecule has 0 aliphatic carbocycles. The molecule has 0 aliphatic heterocycles. The molecule has 2 nitrogen and oxygen atoms in total. The summed E-state index contributed by atoms with van der Waals surface area (Å²) in [6, 6.07) is 18.2. The lowest BCUT2D eigenvalue weighted by Gasteiger charge is -2.11. The van der Waals surface area contributed by atoms with E-state index in [-0.39, 0.29) is 0 Å². The van der Waals surface area contributed by atoms with E-state index in [1.165, 1.54) is 0 Å². The summed E-state index contributed by atoms with van der Waals surface area (Å²) in [6.45, 7) is 3.96. The zero-order valence-electron chi connectivity index (χ0n) is 11.6. The van der Waals surface area contributed by atoms with Crippen molar-refractivity contribution in [2.24, 2.45) is 0 Å². The molecule has 0 saturated carbocycles. The molecule has 2 heteroatoms. The largest absolute Gasteiger partial charge is 0.507 e. The Kier molecular flexibility index (Phi) is 3.07. The first-order valence-electron chi connectivity index (χ1n) is 6.70. The van der Waals surface area contributed by atoms with Crippen LogP contribution in [0.3, 0.4) is 0 Å². The molecule has 3 aromatic rings. The molecule has 2 N–H and O–H groups in total. The van der Waals surface area contributed by atoms with Gasteiger partial charge in [0.1, 0.15) is 5.75 Å². The van der Waals surface area contributed by atoms with Crippen LogP contribution in [0.4, 0.5) is 11.4 Å². The van der Waals surface area contributed by atoms with Crippen molar-refractivity contribution in [3.63, 3.8) is 0 Å². The van der Waals surface area contributed by atoms with Crippen molar-refractivity contribution >= 4 is 22.1 Å². The van der Waals surface area contributed by atoms with Crippen LogP contribution in [0.5, 0.6) is 5.75 Å². The van der Waals surface area contributed by atoms with Gasteiger partial charge in [-0.2, -0.15) is 0 Å². The molecular weight excluding hydrogens is 246 g/mol. The molecule has 0 fully saturated rings. The number of nitrogens with one attached hydrogen (secondary N) is 1. The van der Waals surface area contributed by atoms with Gasteiger partial charge < -0.3 is 10.4 Å². The molecule has 0 aliphatic rings. The lowest BCUT2D eigenvalue weighted by Crippen LogP contribution is -1.90. The Morgan fingerprint density at radius 2 is 1.60 bits per heavy atom. The van der Waals surface area contributed by atoms with E-state index >= 15 is 0 Å². The van der Waals surface area contributed by atoms with Crippen LogP contribution in [0.25, 0.3) is 10.8 Å². The fraction of sp³-hybridized carbons (Fsp3) is 0.111. The molecule has 100 valence electrons. The third kappa shape index (κ3) is 2.21. The summed E-state index contributed by atoms with van der Waals surface area (Å²) in [7, 11) is 0. The molecule has 3 rings (SSSR count). The lowest BCUT2D eigenvalue weighted by atomic mass is 10.0. The molecule has 0 unspecified atom stereocenters. The van der Waals surface area contributed by atoms with Gasteiger partial charge in [0, 0.05) is 16.8 Å². The first-order valence-corrected chi connectivity index (χ1v) is 6.70. The Morgan fingerprint density at radius 3 is 2.35 bits per heavy atom. The predicted molar refractivity (Wildman–Crippen MR) is 84.8 cm³/mol. The minimum atomic E-state index is 0.381. The third-order valence-electron chi connectivity index (χ3n) is 3.69. The highest BCUT2D eigenvalue weighted by molar-refractivity contribution is 5.93. The van der Waals surface area contributed by atoms with Crippen molar-refractivity contribution in [2.45, 2.75) is 13.8 Å². The highest BCUT2D eigenvalue weighted by Crippen LogP contribution is 2.33. The van der Waals surface area contributed by atoms with Crippen molar-refractivity contribution in [2.75, 3.05) is 5.32 Å². The van der Waals surface area contributed by atoms with Crippen molar-refractivity contribution in [3.8, 4) is 5.75 Å². The first-order chi connectivity index (χ1) is 9.65. The SMILES string of the molecule is Cc1cc2cc(Nc3ccccc3)ccc2c(O)c1C. The second-order valence-electron chi connectivity index (χ2n) is 5.09. The van der Waals surface area contributed by atoms with Crippen LogP contribution in [0.15, 0.2) is 54.6 Å². The molecule has 20 heavy (non-hydrogen) atoms. The quantitative estimate of drug-likeness (QED) is 0.688. The van der Waals surface area contributed by atoms with Gasteiger partial charge in [0.15, 0.2) is 0 Å². The van der Waals surface area contributed by atoms with Crippen LogP contribution in [0.1, 0.15) is 11.1 Å². The third-order valence-corrected chi connectivity index (χ3v) is 3.69. The Hall–Kier alpha value is -2.48. The van der Waals surface area contributed by atoms with Crippen molar-refractivity contribution in [3.05, 3.63) is 65.7 Å². The van der Waals surface area contributed by atoms with Crippen LogP contribution in [0, 0.1) is 13.8 Å². The molecule has 0 saturated heterocycles. The van der Waals surface area contributed by atoms with Gasteiger partial charge in [0.05, 0.1) is 0 Å². The average molecular weight is 263 g/mol. The Morgan fingerprint density at radius 1 is 0.850 bits per heavy atom. The fourth-order valence-corrected chi connectivity index (χ4v) is 2.39.